The lowest BCUT2D eigenvalue weighted by molar-refractivity contribution is -0.908. The van der Waals surface area contributed by atoms with Gasteiger partial charge in [0, 0.05) is 23.7 Å². The summed E-state index contributed by atoms with van der Waals surface area (Å²) in [6, 6.07) is 5.52. The third kappa shape index (κ3) is 4.76. The van der Waals surface area contributed by atoms with Gasteiger partial charge in [-0.05, 0) is 31.2 Å². The fourth-order valence-corrected chi connectivity index (χ4v) is 3.49. The summed E-state index contributed by atoms with van der Waals surface area (Å²) in [5.41, 5.74) is 0.763. The molecule has 2 aliphatic rings. The van der Waals surface area contributed by atoms with Crippen molar-refractivity contribution in [2.75, 3.05) is 44.3 Å². The minimum absolute atomic E-state index is 0.355. The Morgan fingerprint density at radius 2 is 1.93 bits per heavy atom. The molecule has 2 saturated heterocycles. The molecule has 1 atom stereocenters. The van der Waals surface area contributed by atoms with Crippen LogP contribution in [0.4, 0.5) is 10.5 Å². The molecule has 1 aromatic carbocycles. The molecule has 0 saturated carbocycles. The van der Waals surface area contributed by atoms with Crippen LogP contribution in [0.1, 0.15) is 13.3 Å². The van der Waals surface area contributed by atoms with E-state index in [-0.39, 0.29) is 0 Å². The average molecular weight is 408 g/mol. The molecule has 150 valence electrons. The third-order valence-corrected chi connectivity index (χ3v) is 5.17. The Balaban J connectivity index is 1.65. The third-order valence-electron chi connectivity index (χ3n) is 4.91. The van der Waals surface area contributed by atoms with E-state index in [1.54, 1.807) is 31.2 Å². The van der Waals surface area contributed by atoms with Crippen LogP contribution in [0.3, 0.4) is 0 Å². The lowest BCUT2D eigenvalue weighted by Crippen LogP contribution is -3.14. The molecule has 2 fully saturated rings. The molecule has 0 aromatic heterocycles. The van der Waals surface area contributed by atoms with E-state index in [0.29, 0.717) is 23.0 Å². The fraction of sp³-hybridized carbons (Fsp3) is 0.474. The first-order valence-corrected chi connectivity index (χ1v) is 9.72. The Hall–Kier alpha value is -2.29. The summed E-state index contributed by atoms with van der Waals surface area (Å²) in [5.74, 6) is -2.35. The highest BCUT2D eigenvalue weighted by Crippen LogP contribution is 2.23. The van der Waals surface area contributed by atoms with Gasteiger partial charge >= 0.3 is 6.03 Å². The molecule has 1 unspecified atom stereocenters. The van der Waals surface area contributed by atoms with Crippen LogP contribution in [0.15, 0.2) is 29.3 Å². The number of hydrogen-bond donors (Lipinski definition) is 2. The summed E-state index contributed by atoms with van der Waals surface area (Å²) >= 11 is 5.87. The van der Waals surface area contributed by atoms with Crippen molar-refractivity contribution < 1.29 is 24.0 Å². The van der Waals surface area contributed by atoms with Gasteiger partial charge in [-0.1, -0.05) is 11.6 Å². The van der Waals surface area contributed by atoms with Crippen molar-refractivity contribution in [3.05, 3.63) is 29.3 Å². The number of aliphatic imine (C=N–C) groups is 1. The molecule has 0 bridgehead atoms. The molecule has 0 radical (unpaired) electrons. The number of rotatable bonds is 6. The van der Waals surface area contributed by atoms with Gasteiger partial charge in [-0.15, -0.1) is 0 Å². The van der Waals surface area contributed by atoms with Crippen molar-refractivity contribution >= 4 is 40.8 Å². The first-order chi connectivity index (χ1) is 13.5. The van der Waals surface area contributed by atoms with E-state index in [9.17, 15) is 14.4 Å². The maximum Gasteiger partial charge on any atom is 0.335 e. The summed E-state index contributed by atoms with van der Waals surface area (Å²) in [7, 11) is 0. The number of benzene rings is 1. The number of urea groups is 1. The first-order valence-electron chi connectivity index (χ1n) is 9.34. The number of morpholine rings is 1. The zero-order chi connectivity index (χ0) is 20.1. The molecule has 3 rings (SSSR count). The highest BCUT2D eigenvalue weighted by molar-refractivity contribution is 6.35. The number of nitrogens with zero attached hydrogens (tertiary/aromatic N) is 2. The smallest absolute Gasteiger partial charge is 0.335 e. The van der Waals surface area contributed by atoms with Gasteiger partial charge in [0.1, 0.15) is 13.1 Å². The number of carbonyl (C=O) groups excluding carboxylic acids is 3. The van der Waals surface area contributed by atoms with Crippen LogP contribution in [-0.4, -0.2) is 62.9 Å². The van der Waals surface area contributed by atoms with E-state index in [4.69, 9.17) is 16.3 Å². The number of imide groups is 2. The minimum Gasteiger partial charge on any atom is -0.370 e. The van der Waals surface area contributed by atoms with E-state index < -0.39 is 23.8 Å². The Kier molecular flexibility index (Phi) is 6.77. The SMILES string of the molecule is CC(=NCCC[NH+]1CCOCC1)C1C(=O)NC(=O)N(c2ccc(Cl)cc2)C1=O. The van der Waals surface area contributed by atoms with Crippen LogP contribution in [0.5, 0.6) is 0 Å². The van der Waals surface area contributed by atoms with Crippen LogP contribution in [0, 0.1) is 5.92 Å². The van der Waals surface area contributed by atoms with Gasteiger partial charge in [0.05, 0.1) is 25.4 Å². The first kappa shape index (κ1) is 20.4. The largest absolute Gasteiger partial charge is 0.370 e. The molecule has 9 heteroatoms. The monoisotopic (exact) mass is 407 g/mol. The highest BCUT2D eigenvalue weighted by Gasteiger charge is 2.42. The number of amides is 4. The van der Waals surface area contributed by atoms with Crippen molar-refractivity contribution in [1.29, 1.82) is 0 Å². The van der Waals surface area contributed by atoms with Crippen LogP contribution in [0.2, 0.25) is 5.02 Å². The standard InChI is InChI=1S/C19H23ClN4O4/c1-13(21-7-2-8-23-9-11-28-12-10-23)16-17(25)22-19(27)24(18(16)26)15-5-3-14(20)4-6-15/h3-6,16H,2,7-12H2,1H3,(H,22,25,27)/p+1. The normalized spacial score (nSPS) is 21.8. The maximum absolute atomic E-state index is 12.9. The number of ether oxygens (including phenoxy) is 1. The van der Waals surface area contributed by atoms with Gasteiger partial charge in [-0.2, -0.15) is 0 Å². The number of barbiturate groups is 1. The molecule has 2 N–H and O–H groups in total. The summed E-state index contributed by atoms with van der Waals surface area (Å²) in [6.45, 7) is 6.70. The Labute approximate surface area is 168 Å². The van der Waals surface area contributed by atoms with Crippen molar-refractivity contribution in [2.24, 2.45) is 10.9 Å². The van der Waals surface area contributed by atoms with E-state index in [1.165, 1.54) is 4.90 Å². The topological polar surface area (TPSA) is 92.5 Å². The molecule has 0 aliphatic carbocycles. The highest BCUT2D eigenvalue weighted by atomic mass is 35.5. The van der Waals surface area contributed by atoms with Gasteiger partial charge in [-0.3, -0.25) is 19.9 Å². The van der Waals surface area contributed by atoms with Crippen LogP contribution >= 0.6 is 11.6 Å². The van der Waals surface area contributed by atoms with Gasteiger partial charge < -0.3 is 9.64 Å². The van der Waals surface area contributed by atoms with Gasteiger partial charge in [0.15, 0.2) is 5.92 Å². The van der Waals surface area contributed by atoms with Gasteiger partial charge in [0.2, 0.25) is 5.91 Å². The predicted molar refractivity (Wildman–Crippen MR) is 105 cm³/mol. The van der Waals surface area contributed by atoms with E-state index in [1.807, 2.05) is 0 Å². The molecule has 28 heavy (non-hydrogen) atoms. The van der Waals surface area contributed by atoms with Crippen molar-refractivity contribution in [3.8, 4) is 0 Å². The van der Waals surface area contributed by atoms with Crippen molar-refractivity contribution in [3.63, 3.8) is 0 Å². The molecule has 4 amide bonds. The zero-order valence-electron chi connectivity index (χ0n) is 15.7. The summed E-state index contributed by atoms with van der Waals surface area (Å²) in [6.07, 6.45) is 0.856. The van der Waals surface area contributed by atoms with Crippen molar-refractivity contribution in [2.45, 2.75) is 13.3 Å². The second kappa shape index (κ2) is 9.27. The molecule has 0 spiro atoms. The number of nitrogens with one attached hydrogen (secondary N) is 2. The summed E-state index contributed by atoms with van der Waals surface area (Å²) in [5, 5.41) is 2.73. The van der Waals surface area contributed by atoms with Gasteiger partial charge in [0.25, 0.3) is 5.91 Å². The zero-order valence-corrected chi connectivity index (χ0v) is 16.5. The van der Waals surface area contributed by atoms with E-state index >= 15 is 0 Å². The molecular weight excluding hydrogens is 384 g/mol. The van der Waals surface area contributed by atoms with E-state index in [0.717, 1.165) is 44.2 Å². The minimum atomic E-state index is -1.11. The molecular formula is C19H24ClN4O4+. The molecule has 8 nitrogen and oxygen atoms in total. The molecule has 1 aromatic rings. The van der Waals surface area contributed by atoms with Gasteiger partial charge in [-0.25, -0.2) is 9.69 Å². The lowest BCUT2D eigenvalue weighted by atomic mass is 9.99. The number of carbonyl (C=O) groups is 3. The quantitative estimate of drug-likeness (QED) is 0.403. The maximum atomic E-state index is 12.9. The molecule has 2 heterocycles. The second-order valence-corrected chi connectivity index (χ2v) is 7.30. The Morgan fingerprint density at radius 3 is 2.61 bits per heavy atom. The Bertz CT molecular complexity index is 775. The van der Waals surface area contributed by atoms with Crippen LogP contribution in [-0.2, 0) is 14.3 Å². The van der Waals surface area contributed by atoms with Crippen LogP contribution < -0.4 is 15.1 Å². The average Bonchev–Trinajstić information content (AvgIpc) is 2.67. The van der Waals surface area contributed by atoms with Crippen LogP contribution in [0.25, 0.3) is 0 Å². The second-order valence-electron chi connectivity index (χ2n) is 6.87. The number of anilines is 1. The predicted octanol–water partition coefficient (Wildman–Crippen LogP) is 0.305. The molecule has 2 aliphatic heterocycles. The number of hydrogen-bond acceptors (Lipinski definition) is 5. The van der Waals surface area contributed by atoms with Crippen molar-refractivity contribution in [1.82, 2.24) is 5.32 Å². The summed E-state index contributed by atoms with van der Waals surface area (Å²) < 4.78 is 5.34. The van der Waals surface area contributed by atoms with E-state index in [2.05, 4.69) is 10.3 Å². The number of quaternary nitrogens is 1. The Morgan fingerprint density at radius 1 is 1.25 bits per heavy atom. The summed E-state index contributed by atoms with van der Waals surface area (Å²) in [4.78, 5) is 44.2. The number of halogens is 1. The fourth-order valence-electron chi connectivity index (χ4n) is 3.36. The lowest BCUT2D eigenvalue weighted by Gasteiger charge is -2.30.